The van der Waals surface area contributed by atoms with Crippen LogP contribution in [-0.4, -0.2) is 27.6 Å². The van der Waals surface area contributed by atoms with Crippen molar-refractivity contribution in [2.45, 2.75) is 46.7 Å². The first kappa shape index (κ1) is 18.3. The number of aromatic nitrogens is 1. The van der Waals surface area contributed by atoms with Crippen molar-refractivity contribution in [1.29, 1.82) is 0 Å². The fourth-order valence-electron chi connectivity index (χ4n) is 3.04. The van der Waals surface area contributed by atoms with E-state index in [2.05, 4.69) is 5.32 Å². The van der Waals surface area contributed by atoms with Gasteiger partial charge in [-0.2, -0.15) is 0 Å². The molecule has 0 aliphatic rings. The first-order chi connectivity index (χ1) is 11.3. The molecule has 0 spiro atoms. The second kappa shape index (κ2) is 7.26. The van der Waals surface area contributed by atoms with Crippen molar-refractivity contribution in [2.75, 3.05) is 0 Å². The van der Waals surface area contributed by atoms with Crippen molar-refractivity contribution in [3.05, 3.63) is 34.5 Å². The van der Waals surface area contributed by atoms with Crippen LogP contribution in [0.15, 0.2) is 18.2 Å². The van der Waals surface area contributed by atoms with Gasteiger partial charge >= 0.3 is 5.97 Å². The van der Waals surface area contributed by atoms with Gasteiger partial charge in [0.15, 0.2) is 0 Å². The smallest absolute Gasteiger partial charge is 0.326 e. The fourth-order valence-corrected chi connectivity index (χ4v) is 3.21. The van der Waals surface area contributed by atoms with Crippen LogP contribution < -0.4 is 5.32 Å². The van der Waals surface area contributed by atoms with E-state index in [9.17, 15) is 14.7 Å². The largest absolute Gasteiger partial charge is 0.480 e. The summed E-state index contributed by atoms with van der Waals surface area (Å²) in [6.45, 7) is 8.28. The van der Waals surface area contributed by atoms with Gasteiger partial charge in [-0.25, -0.2) is 4.79 Å². The van der Waals surface area contributed by atoms with Gasteiger partial charge in [-0.3, -0.25) is 4.79 Å². The van der Waals surface area contributed by atoms with Gasteiger partial charge in [-0.15, -0.1) is 0 Å². The number of benzene rings is 1. The standard InChI is InChI=1S/C18H23ClN2O3/c1-5-21-15-7-6-12(19)9-13(15)11(4)16(21)17(22)20-14(18(23)24)8-10(2)3/h6-7,9-10,14H,5,8H2,1-4H3,(H,20,22)(H,23,24). The Morgan fingerprint density at radius 3 is 2.54 bits per heavy atom. The summed E-state index contributed by atoms with van der Waals surface area (Å²) in [7, 11) is 0. The van der Waals surface area contributed by atoms with Gasteiger partial charge in [0.1, 0.15) is 11.7 Å². The zero-order chi connectivity index (χ0) is 18.0. The van der Waals surface area contributed by atoms with E-state index in [-0.39, 0.29) is 11.8 Å². The minimum Gasteiger partial charge on any atom is -0.480 e. The minimum absolute atomic E-state index is 0.170. The number of nitrogens with one attached hydrogen (secondary N) is 1. The molecule has 2 N–H and O–H groups in total. The van der Waals surface area contributed by atoms with E-state index in [0.29, 0.717) is 23.7 Å². The molecule has 5 nitrogen and oxygen atoms in total. The Kier molecular flexibility index (Phi) is 5.54. The molecule has 2 aromatic rings. The van der Waals surface area contributed by atoms with Crippen molar-refractivity contribution in [3.8, 4) is 0 Å². The molecule has 6 heteroatoms. The number of hydrogen-bond acceptors (Lipinski definition) is 2. The lowest BCUT2D eigenvalue weighted by atomic mass is 10.0. The van der Waals surface area contributed by atoms with Gasteiger partial charge in [-0.05, 0) is 49.9 Å². The zero-order valence-corrected chi connectivity index (χ0v) is 15.1. The maximum Gasteiger partial charge on any atom is 0.326 e. The lowest BCUT2D eigenvalue weighted by Gasteiger charge is -2.17. The Balaban J connectivity index is 2.45. The maximum absolute atomic E-state index is 12.8. The predicted octanol–water partition coefficient (Wildman–Crippen LogP) is 3.85. The molecule has 0 fully saturated rings. The molecule has 1 heterocycles. The van der Waals surface area contributed by atoms with Gasteiger partial charge in [0.05, 0.1) is 0 Å². The number of carboxylic acid groups (broad SMARTS) is 1. The van der Waals surface area contributed by atoms with Crippen LogP contribution >= 0.6 is 11.6 Å². The molecule has 1 aromatic carbocycles. The van der Waals surface area contributed by atoms with Crippen LogP contribution in [-0.2, 0) is 11.3 Å². The summed E-state index contributed by atoms with van der Waals surface area (Å²) in [6, 6.07) is 4.60. The minimum atomic E-state index is -1.02. The topological polar surface area (TPSA) is 71.3 Å². The Bertz CT molecular complexity index is 780. The number of rotatable bonds is 6. The molecular formula is C18H23ClN2O3. The summed E-state index contributed by atoms with van der Waals surface area (Å²) in [4.78, 5) is 24.2. The Morgan fingerprint density at radius 2 is 2.00 bits per heavy atom. The summed E-state index contributed by atoms with van der Waals surface area (Å²) < 4.78 is 1.89. The lowest BCUT2D eigenvalue weighted by molar-refractivity contribution is -0.139. The summed E-state index contributed by atoms with van der Waals surface area (Å²) >= 11 is 6.07. The molecule has 2 rings (SSSR count). The molecule has 1 unspecified atom stereocenters. The summed E-state index contributed by atoms with van der Waals surface area (Å²) in [5.41, 5.74) is 2.21. The normalized spacial score (nSPS) is 12.6. The molecule has 24 heavy (non-hydrogen) atoms. The zero-order valence-electron chi connectivity index (χ0n) is 14.4. The number of carbonyl (C=O) groups excluding carboxylic acids is 1. The van der Waals surface area contributed by atoms with Gasteiger partial charge in [0, 0.05) is 22.5 Å². The van der Waals surface area contributed by atoms with Gasteiger partial charge in [0.25, 0.3) is 5.91 Å². The molecule has 0 radical (unpaired) electrons. The van der Waals surface area contributed by atoms with Crippen LogP contribution in [0.4, 0.5) is 0 Å². The Morgan fingerprint density at radius 1 is 1.33 bits per heavy atom. The highest BCUT2D eigenvalue weighted by Gasteiger charge is 2.25. The number of aryl methyl sites for hydroxylation is 2. The molecule has 0 aliphatic heterocycles. The van der Waals surface area contributed by atoms with Crippen molar-refractivity contribution < 1.29 is 14.7 Å². The molecule has 0 saturated heterocycles. The number of hydrogen-bond donors (Lipinski definition) is 2. The molecule has 130 valence electrons. The number of amides is 1. The van der Waals surface area contributed by atoms with E-state index in [1.165, 1.54) is 0 Å². The van der Waals surface area contributed by atoms with E-state index in [4.69, 9.17) is 11.6 Å². The van der Waals surface area contributed by atoms with Gasteiger partial charge in [-0.1, -0.05) is 25.4 Å². The third-order valence-electron chi connectivity index (χ3n) is 4.12. The van der Waals surface area contributed by atoms with Crippen LogP contribution in [0.3, 0.4) is 0 Å². The second-order valence-corrected chi connectivity index (χ2v) is 6.81. The molecule has 1 aromatic heterocycles. The van der Waals surface area contributed by atoms with Crippen molar-refractivity contribution in [3.63, 3.8) is 0 Å². The number of aliphatic carboxylic acids is 1. The molecule has 1 amide bonds. The number of carboxylic acids is 1. The Hall–Kier alpha value is -2.01. The van der Waals surface area contributed by atoms with Crippen molar-refractivity contribution >= 4 is 34.4 Å². The maximum atomic E-state index is 12.8. The molecule has 0 saturated carbocycles. The average molecular weight is 351 g/mol. The number of halogens is 1. The predicted molar refractivity (Wildman–Crippen MR) is 95.7 cm³/mol. The second-order valence-electron chi connectivity index (χ2n) is 6.37. The fraction of sp³-hybridized carbons (Fsp3) is 0.444. The molecular weight excluding hydrogens is 328 g/mol. The summed E-state index contributed by atoms with van der Waals surface area (Å²) in [5, 5.41) is 13.5. The van der Waals surface area contributed by atoms with E-state index in [1.54, 1.807) is 6.07 Å². The van der Waals surface area contributed by atoms with Gasteiger partial charge < -0.3 is 15.0 Å². The lowest BCUT2D eigenvalue weighted by Crippen LogP contribution is -2.42. The first-order valence-electron chi connectivity index (χ1n) is 8.08. The van der Waals surface area contributed by atoms with Crippen LogP contribution in [0, 0.1) is 12.8 Å². The van der Waals surface area contributed by atoms with Crippen LogP contribution in [0.25, 0.3) is 10.9 Å². The SMILES string of the molecule is CCn1c(C(=O)NC(CC(C)C)C(=O)O)c(C)c2cc(Cl)ccc21. The number of carbonyl (C=O) groups is 2. The average Bonchev–Trinajstić information content (AvgIpc) is 2.78. The summed E-state index contributed by atoms with van der Waals surface area (Å²) in [6.07, 6.45) is 0.387. The van der Waals surface area contributed by atoms with Crippen molar-refractivity contribution in [2.24, 2.45) is 5.92 Å². The highest BCUT2D eigenvalue weighted by Crippen LogP contribution is 2.28. The molecule has 0 bridgehead atoms. The van der Waals surface area contributed by atoms with E-state index < -0.39 is 12.0 Å². The third kappa shape index (κ3) is 3.56. The first-order valence-corrected chi connectivity index (χ1v) is 8.46. The Labute approximate surface area is 146 Å². The molecule has 0 aliphatic carbocycles. The van der Waals surface area contributed by atoms with Crippen molar-refractivity contribution in [1.82, 2.24) is 9.88 Å². The quantitative estimate of drug-likeness (QED) is 0.831. The third-order valence-corrected chi connectivity index (χ3v) is 4.36. The highest BCUT2D eigenvalue weighted by molar-refractivity contribution is 6.31. The number of nitrogens with zero attached hydrogens (tertiary/aromatic N) is 1. The van der Waals surface area contributed by atoms with E-state index in [1.807, 2.05) is 44.4 Å². The summed E-state index contributed by atoms with van der Waals surface area (Å²) in [5.74, 6) is -1.21. The highest BCUT2D eigenvalue weighted by atomic mass is 35.5. The van der Waals surface area contributed by atoms with Crippen LogP contribution in [0.2, 0.25) is 5.02 Å². The van der Waals surface area contributed by atoms with Crippen LogP contribution in [0.5, 0.6) is 0 Å². The molecule has 1 atom stereocenters. The monoisotopic (exact) mass is 350 g/mol. The van der Waals surface area contributed by atoms with E-state index in [0.717, 1.165) is 16.5 Å². The number of fused-ring (bicyclic) bond motifs is 1. The van der Waals surface area contributed by atoms with E-state index >= 15 is 0 Å². The van der Waals surface area contributed by atoms with Crippen LogP contribution in [0.1, 0.15) is 43.2 Å². The van der Waals surface area contributed by atoms with Gasteiger partial charge in [0.2, 0.25) is 0 Å².